The van der Waals surface area contributed by atoms with Gasteiger partial charge in [0.25, 0.3) is 0 Å². The van der Waals surface area contributed by atoms with Crippen LogP contribution in [0.1, 0.15) is 34.5 Å². The van der Waals surface area contributed by atoms with E-state index in [-0.39, 0.29) is 23.7 Å². The topological polar surface area (TPSA) is 61.7 Å². The summed E-state index contributed by atoms with van der Waals surface area (Å²) in [6, 6.07) is 16.7. The molecule has 2 aromatic carbocycles. The van der Waals surface area contributed by atoms with Crippen LogP contribution in [0.4, 0.5) is 22.0 Å². The van der Waals surface area contributed by atoms with Crippen LogP contribution in [0.25, 0.3) is 0 Å². The number of carboxylic acid groups (broad SMARTS) is 1. The van der Waals surface area contributed by atoms with Gasteiger partial charge in [0.1, 0.15) is 17.7 Å². The van der Waals surface area contributed by atoms with Gasteiger partial charge in [-0.15, -0.1) is 11.3 Å². The minimum atomic E-state index is -5.08. The molecule has 0 saturated heterocycles. The molecule has 0 fully saturated rings. The van der Waals surface area contributed by atoms with E-state index >= 15 is 0 Å². The highest BCUT2D eigenvalue weighted by Gasteiger charge is 2.38. The first-order chi connectivity index (χ1) is 15.6. The van der Waals surface area contributed by atoms with Crippen LogP contribution in [-0.2, 0) is 11.2 Å². The van der Waals surface area contributed by atoms with Gasteiger partial charge in [0.2, 0.25) is 0 Å². The van der Waals surface area contributed by atoms with Crippen molar-refractivity contribution in [3.05, 3.63) is 93.7 Å². The molecule has 0 aliphatic carbocycles. The summed E-state index contributed by atoms with van der Waals surface area (Å²) < 4.78 is 59.2. The Morgan fingerprint density at radius 2 is 1.58 bits per heavy atom. The Balaban J connectivity index is 0.000000383. The molecule has 174 valence electrons. The molecule has 4 rings (SSSR count). The standard InChI is InChI=1S/C21H18F2N2S.C2HF3O2/c22-16-6-1-4-14(12-16)20-21(15-5-2-7-17(23)13-15)25-19(24-20)10-9-18-8-3-11-26-18;3-2(4,5)1(6)7/h1-8,11-13,20-21H,9-10H2,(H,24,25);(H,6,7)/t20-,21+;. The van der Waals surface area contributed by atoms with E-state index in [2.05, 4.69) is 16.8 Å². The molecule has 1 aliphatic heterocycles. The van der Waals surface area contributed by atoms with Crippen LogP contribution in [-0.4, -0.2) is 23.1 Å². The van der Waals surface area contributed by atoms with E-state index in [0.29, 0.717) is 0 Å². The van der Waals surface area contributed by atoms with Gasteiger partial charge in [-0.25, -0.2) is 13.6 Å². The van der Waals surface area contributed by atoms with Crippen molar-refractivity contribution in [3.8, 4) is 0 Å². The lowest BCUT2D eigenvalue weighted by atomic mass is 9.95. The van der Waals surface area contributed by atoms with Gasteiger partial charge >= 0.3 is 12.1 Å². The predicted octanol–water partition coefficient (Wildman–Crippen LogP) is 6.08. The smallest absolute Gasteiger partial charge is 0.475 e. The van der Waals surface area contributed by atoms with Gasteiger partial charge in [-0.2, -0.15) is 13.2 Å². The van der Waals surface area contributed by atoms with Crippen LogP contribution in [0.3, 0.4) is 0 Å². The number of hydrogen-bond donors (Lipinski definition) is 2. The van der Waals surface area contributed by atoms with Crippen molar-refractivity contribution < 1.29 is 31.9 Å². The molecule has 33 heavy (non-hydrogen) atoms. The molecule has 0 spiro atoms. The number of nitrogens with zero attached hydrogens (tertiary/aromatic N) is 1. The van der Waals surface area contributed by atoms with Gasteiger partial charge in [-0.3, -0.25) is 4.99 Å². The maximum absolute atomic E-state index is 13.7. The Kier molecular flexibility index (Phi) is 7.80. The fourth-order valence-corrected chi connectivity index (χ4v) is 4.00. The minimum Gasteiger partial charge on any atom is -0.475 e. The molecule has 0 saturated carbocycles. The third-order valence-electron chi connectivity index (χ3n) is 4.76. The highest BCUT2D eigenvalue weighted by atomic mass is 32.1. The number of carboxylic acids is 1. The number of aryl methyl sites for hydroxylation is 1. The van der Waals surface area contributed by atoms with E-state index in [9.17, 15) is 22.0 Å². The second-order valence-electron chi connectivity index (χ2n) is 7.13. The Bertz CT molecular complexity index is 1120. The first-order valence-corrected chi connectivity index (χ1v) is 10.7. The fourth-order valence-electron chi connectivity index (χ4n) is 3.29. The number of hydrogen-bond acceptors (Lipinski definition) is 4. The summed E-state index contributed by atoms with van der Waals surface area (Å²) in [5.41, 5.74) is 1.60. The molecule has 4 nitrogen and oxygen atoms in total. The van der Waals surface area contributed by atoms with Gasteiger partial charge in [-0.05, 0) is 53.3 Å². The van der Waals surface area contributed by atoms with Crippen molar-refractivity contribution in [3.63, 3.8) is 0 Å². The predicted molar refractivity (Wildman–Crippen MR) is 115 cm³/mol. The molecular weight excluding hydrogens is 463 g/mol. The Labute approximate surface area is 190 Å². The number of benzene rings is 2. The summed E-state index contributed by atoms with van der Waals surface area (Å²) in [5.74, 6) is -2.45. The maximum atomic E-state index is 13.7. The summed E-state index contributed by atoms with van der Waals surface area (Å²) in [7, 11) is 0. The number of aliphatic imine (C=N–C) groups is 1. The van der Waals surface area contributed by atoms with Crippen molar-refractivity contribution in [1.82, 2.24) is 5.32 Å². The largest absolute Gasteiger partial charge is 0.490 e. The Hall–Kier alpha value is -3.27. The molecule has 2 heterocycles. The van der Waals surface area contributed by atoms with Crippen LogP contribution in [0.15, 0.2) is 71.0 Å². The average molecular weight is 482 g/mol. The number of thiophene rings is 1. The first kappa shape index (κ1) is 24.4. The number of alkyl halides is 3. The second kappa shape index (κ2) is 10.6. The summed E-state index contributed by atoms with van der Waals surface area (Å²) in [6.07, 6.45) is -3.41. The summed E-state index contributed by atoms with van der Waals surface area (Å²) >= 11 is 1.72. The van der Waals surface area contributed by atoms with Crippen LogP contribution in [0.2, 0.25) is 0 Å². The van der Waals surface area contributed by atoms with Gasteiger partial charge < -0.3 is 10.4 Å². The van der Waals surface area contributed by atoms with Crippen molar-refractivity contribution in [2.24, 2.45) is 4.99 Å². The minimum absolute atomic E-state index is 0.203. The molecule has 0 amide bonds. The normalized spacial score (nSPS) is 17.5. The molecule has 1 aromatic heterocycles. The van der Waals surface area contributed by atoms with E-state index in [1.54, 1.807) is 23.5 Å². The van der Waals surface area contributed by atoms with E-state index < -0.39 is 12.1 Å². The average Bonchev–Trinajstić information content (AvgIpc) is 3.42. The van der Waals surface area contributed by atoms with E-state index in [1.165, 1.54) is 29.1 Å². The van der Waals surface area contributed by atoms with Gasteiger partial charge in [0.15, 0.2) is 0 Å². The van der Waals surface area contributed by atoms with E-state index in [4.69, 9.17) is 14.9 Å². The lowest BCUT2D eigenvalue weighted by Crippen LogP contribution is -2.24. The van der Waals surface area contributed by atoms with Gasteiger partial charge in [0.05, 0.1) is 11.9 Å². The third-order valence-corrected chi connectivity index (χ3v) is 5.70. The van der Waals surface area contributed by atoms with Crippen molar-refractivity contribution >= 4 is 23.1 Å². The number of nitrogens with one attached hydrogen (secondary N) is 1. The van der Waals surface area contributed by atoms with Crippen LogP contribution in [0.5, 0.6) is 0 Å². The van der Waals surface area contributed by atoms with Gasteiger partial charge in [-0.1, -0.05) is 30.3 Å². The molecule has 0 bridgehead atoms. The molecule has 2 N–H and O–H groups in total. The quantitative estimate of drug-likeness (QED) is 0.434. The number of amidine groups is 1. The molecule has 3 aromatic rings. The summed E-state index contributed by atoms with van der Waals surface area (Å²) in [6.45, 7) is 0. The fraction of sp³-hybridized carbons (Fsp3) is 0.217. The summed E-state index contributed by atoms with van der Waals surface area (Å²) in [4.78, 5) is 15.0. The monoisotopic (exact) mass is 482 g/mol. The number of halogens is 5. The number of rotatable bonds is 5. The molecular formula is C23H19F5N2O2S. The Morgan fingerprint density at radius 1 is 0.970 bits per heavy atom. The van der Waals surface area contributed by atoms with Crippen molar-refractivity contribution in [2.45, 2.75) is 31.1 Å². The SMILES string of the molecule is Fc1cccc([C@H]2N=C(CCc3cccs3)N[C@H]2c2cccc(F)c2)c1.O=C(O)C(F)(F)F. The first-order valence-electron chi connectivity index (χ1n) is 9.80. The molecule has 0 unspecified atom stereocenters. The zero-order chi connectivity index (χ0) is 24.0. The van der Waals surface area contributed by atoms with E-state index in [0.717, 1.165) is 29.8 Å². The third kappa shape index (κ3) is 6.85. The molecule has 2 atom stereocenters. The highest BCUT2D eigenvalue weighted by molar-refractivity contribution is 7.09. The number of carbonyl (C=O) groups is 1. The summed E-state index contributed by atoms with van der Waals surface area (Å²) in [5, 5.41) is 12.6. The van der Waals surface area contributed by atoms with Crippen molar-refractivity contribution in [2.75, 3.05) is 0 Å². The van der Waals surface area contributed by atoms with Gasteiger partial charge in [0, 0.05) is 11.3 Å². The number of aliphatic carboxylic acids is 1. The maximum Gasteiger partial charge on any atom is 0.490 e. The van der Waals surface area contributed by atoms with Crippen LogP contribution >= 0.6 is 11.3 Å². The Morgan fingerprint density at radius 3 is 2.12 bits per heavy atom. The zero-order valence-corrected chi connectivity index (χ0v) is 17.8. The lowest BCUT2D eigenvalue weighted by molar-refractivity contribution is -0.192. The molecule has 1 aliphatic rings. The molecule has 10 heteroatoms. The highest BCUT2D eigenvalue weighted by Crippen LogP contribution is 2.37. The second-order valence-corrected chi connectivity index (χ2v) is 8.17. The van der Waals surface area contributed by atoms with E-state index in [1.807, 2.05) is 18.2 Å². The lowest BCUT2D eigenvalue weighted by Gasteiger charge is -2.20. The van der Waals surface area contributed by atoms with Crippen LogP contribution < -0.4 is 5.32 Å². The molecule has 0 radical (unpaired) electrons. The van der Waals surface area contributed by atoms with Crippen LogP contribution in [0, 0.1) is 11.6 Å². The van der Waals surface area contributed by atoms with Crippen molar-refractivity contribution in [1.29, 1.82) is 0 Å². The zero-order valence-electron chi connectivity index (χ0n) is 17.0.